The zero-order valence-corrected chi connectivity index (χ0v) is 20.7. The molecule has 1 saturated carbocycles. The molecule has 6 rings (SSSR count). The largest absolute Gasteiger partial charge is 0.349 e. The Morgan fingerprint density at radius 1 is 0.892 bits per heavy atom. The van der Waals surface area contributed by atoms with Crippen molar-refractivity contribution in [3.63, 3.8) is 0 Å². The molecule has 0 aromatic heterocycles. The number of fused-ring (bicyclic) bond motifs is 1. The number of piperazine rings is 1. The predicted molar refractivity (Wildman–Crippen MR) is 135 cm³/mol. The van der Waals surface area contributed by atoms with E-state index in [1.807, 2.05) is 60.7 Å². The van der Waals surface area contributed by atoms with Gasteiger partial charge < -0.3 is 15.5 Å². The Morgan fingerprint density at radius 2 is 1.54 bits per heavy atom. The highest BCUT2D eigenvalue weighted by Gasteiger charge is 2.58. The summed E-state index contributed by atoms with van der Waals surface area (Å²) in [5, 5.41) is 6.32. The first-order chi connectivity index (χ1) is 17.9. The molecule has 2 N–H and O–H groups in total. The zero-order valence-electron chi connectivity index (χ0n) is 20.7. The fourth-order valence-corrected chi connectivity index (χ4v) is 6.20. The lowest BCUT2D eigenvalue weighted by molar-refractivity contribution is -0.132. The normalized spacial score (nSPS) is 30.9. The molecule has 4 aliphatic rings. The average molecular weight is 502 g/mol. The van der Waals surface area contributed by atoms with Gasteiger partial charge in [0.15, 0.2) is 0 Å². The van der Waals surface area contributed by atoms with Crippen molar-refractivity contribution in [3.05, 3.63) is 71.8 Å². The molecule has 0 bridgehead atoms. The second-order valence-electron chi connectivity index (χ2n) is 10.5. The number of nitrogens with zero attached hydrogens (tertiary/aromatic N) is 3. The summed E-state index contributed by atoms with van der Waals surface area (Å²) in [6, 6.07) is 17.5. The third-order valence-corrected chi connectivity index (χ3v) is 8.24. The van der Waals surface area contributed by atoms with Gasteiger partial charge in [-0.3, -0.25) is 24.2 Å². The molecule has 3 heterocycles. The van der Waals surface area contributed by atoms with Crippen LogP contribution >= 0.6 is 0 Å². The Balaban J connectivity index is 1.19. The van der Waals surface area contributed by atoms with E-state index in [4.69, 9.17) is 0 Å². The van der Waals surface area contributed by atoms with Crippen LogP contribution in [0.3, 0.4) is 0 Å². The van der Waals surface area contributed by atoms with Gasteiger partial charge >= 0.3 is 6.03 Å². The Morgan fingerprint density at radius 3 is 2.19 bits per heavy atom. The van der Waals surface area contributed by atoms with E-state index < -0.39 is 12.1 Å². The Bertz CT molecular complexity index is 1220. The first-order valence-electron chi connectivity index (χ1n) is 13.0. The van der Waals surface area contributed by atoms with E-state index in [-0.39, 0.29) is 54.2 Å². The zero-order chi connectivity index (χ0) is 25.7. The number of benzene rings is 2. The summed E-state index contributed by atoms with van der Waals surface area (Å²) in [5.41, 5.74) is 2.17. The second-order valence-corrected chi connectivity index (χ2v) is 10.5. The molecular weight excluding hydrogens is 470 g/mol. The molecule has 2 aromatic carbocycles. The smallest absolute Gasteiger partial charge is 0.328 e. The van der Waals surface area contributed by atoms with Crippen LogP contribution in [0.4, 0.5) is 4.79 Å². The van der Waals surface area contributed by atoms with Gasteiger partial charge in [0, 0.05) is 51.0 Å². The Labute approximate surface area is 215 Å². The lowest BCUT2D eigenvalue weighted by Gasteiger charge is -2.36. The van der Waals surface area contributed by atoms with Crippen molar-refractivity contribution in [3.8, 4) is 0 Å². The molecule has 2 unspecified atom stereocenters. The number of likely N-dealkylation sites (tertiary alicyclic amines) is 1. The fourth-order valence-electron chi connectivity index (χ4n) is 6.20. The standard InChI is InChI=1S/C28H31N5O4/c1-17(34)31-15-21(19-10-6-3-7-11-19)22(16-31)30-26(35)24-13-29-14-25-27(36)33(28(37)32(24)25)23-12-20(23)18-8-4-2-5-9-18/h2-11,20-25,29H,12-16H2,1H3,(H,30,35)/t20-,21?,22?,23+,24+,25+/m1/s1. The lowest BCUT2D eigenvalue weighted by atomic mass is 9.94. The van der Waals surface area contributed by atoms with Gasteiger partial charge in [0.2, 0.25) is 11.8 Å². The number of urea groups is 1. The van der Waals surface area contributed by atoms with E-state index in [1.165, 1.54) is 16.7 Å². The molecule has 0 spiro atoms. The van der Waals surface area contributed by atoms with E-state index in [0.29, 0.717) is 19.6 Å². The van der Waals surface area contributed by atoms with Crippen molar-refractivity contribution in [2.24, 2.45) is 0 Å². The maximum Gasteiger partial charge on any atom is 0.328 e. The van der Waals surface area contributed by atoms with Crippen molar-refractivity contribution in [2.45, 2.75) is 49.3 Å². The van der Waals surface area contributed by atoms with Crippen molar-refractivity contribution < 1.29 is 19.2 Å². The molecule has 6 atom stereocenters. The summed E-state index contributed by atoms with van der Waals surface area (Å²) in [5.74, 6) is -0.480. The topological polar surface area (TPSA) is 102 Å². The molecular formula is C28H31N5O4. The van der Waals surface area contributed by atoms with Crippen molar-refractivity contribution in [1.29, 1.82) is 0 Å². The van der Waals surface area contributed by atoms with Crippen LogP contribution in [0.1, 0.15) is 36.3 Å². The predicted octanol–water partition coefficient (Wildman–Crippen LogP) is 1.28. The maximum absolute atomic E-state index is 13.6. The van der Waals surface area contributed by atoms with Gasteiger partial charge in [-0.1, -0.05) is 60.7 Å². The minimum Gasteiger partial charge on any atom is -0.349 e. The van der Waals surface area contributed by atoms with E-state index in [0.717, 1.165) is 17.5 Å². The highest BCUT2D eigenvalue weighted by Crippen LogP contribution is 2.47. The number of nitrogens with one attached hydrogen (secondary N) is 2. The van der Waals surface area contributed by atoms with Crippen molar-refractivity contribution in [2.75, 3.05) is 26.2 Å². The summed E-state index contributed by atoms with van der Waals surface area (Å²) in [4.78, 5) is 57.2. The second kappa shape index (κ2) is 9.30. The third kappa shape index (κ3) is 4.17. The summed E-state index contributed by atoms with van der Waals surface area (Å²) in [6.45, 7) is 3.08. The molecule has 5 amide bonds. The monoisotopic (exact) mass is 501 g/mol. The number of amides is 5. The van der Waals surface area contributed by atoms with Crippen LogP contribution in [0.15, 0.2) is 60.7 Å². The van der Waals surface area contributed by atoms with Gasteiger partial charge in [-0.15, -0.1) is 0 Å². The third-order valence-electron chi connectivity index (χ3n) is 8.24. The van der Waals surface area contributed by atoms with Crippen LogP contribution in [0.2, 0.25) is 0 Å². The molecule has 9 heteroatoms. The highest BCUT2D eigenvalue weighted by atomic mass is 16.2. The number of hydrogen-bond acceptors (Lipinski definition) is 5. The Kier molecular flexibility index (Phi) is 5.95. The van der Waals surface area contributed by atoms with Gasteiger partial charge in [-0.2, -0.15) is 0 Å². The van der Waals surface area contributed by atoms with Crippen molar-refractivity contribution in [1.82, 2.24) is 25.3 Å². The molecule has 0 radical (unpaired) electrons. The minimum atomic E-state index is -0.795. The van der Waals surface area contributed by atoms with Crippen LogP contribution in [0.5, 0.6) is 0 Å². The SMILES string of the molecule is CC(=O)N1CC(NC(=O)[C@@H]2CNC[C@H]3C(=O)N([C@H]4C[C@@H]4c4ccccc4)C(=O)N23)C(c2ccccc2)C1. The number of hydrogen-bond donors (Lipinski definition) is 2. The molecule has 192 valence electrons. The molecule has 2 aromatic rings. The first-order valence-corrected chi connectivity index (χ1v) is 13.0. The van der Waals surface area contributed by atoms with Crippen LogP contribution in [-0.4, -0.2) is 88.8 Å². The van der Waals surface area contributed by atoms with Crippen LogP contribution < -0.4 is 10.6 Å². The summed E-state index contributed by atoms with van der Waals surface area (Å²) in [6.07, 6.45) is 0.744. The molecule has 4 fully saturated rings. The molecule has 1 aliphatic carbocycles. The maximum atomic E-state index is 13.6. The van der Waals surface area contributed by atoms with E-state index in [9.17, 15) is 19.2 Å². The molecule has 9 nitrogen and oxygen atoms in total. The van der Waals surface area contributed by atoms with Crippen LogP contribution in [0, 0.1) is 0 Å². The molecule has 37 heavy (non-hydrogen) atoms. The quantitative estimate of drug-likeness (QED) is 0.601. The molecule has 3 aliphatic heterocycles. The van der Waals surface area contributed by atoms with E-state index >= 15 is 0 Å². The highest BCUT2D eigenvalue weighted by molar-refractivity contribution is 6.07. The minimum absolute atomic E-state index is 0.0366. The van der Waals surface area contributed by atoms with Gasteiger partial charge in [-0.05, 0) is 17.5 Å². The van der Waals surface area contributed by atoms with Gasteiger partial charge in [0.1, 0.15) is 12.1 Å². The van der Waals surface area contributed by atoms with Crippen molar-refractivity contribution >= 4 is 23.8 Å². The molecule has 3 saturated heterocycles. The number of carbonyl (C=O) groups excluding carboxylic acids is 4. The Hall–Kier alpha value is -3.72. The van der Waals surface area contributed by atoms with Crippen LogP contribution in [-0.2, 0) is 14.4 Å². The fraction of sp³-hybridized carbons (Fsp3) is 0.429. The van der Waals surface area contributed by atoms with E-state index in [1.54, 1.807) is 4.90 Å². The summed E-state index contributed by atoms with van der Waals surface area (Å²) < 4.78 is 0. The van der Waals surface area contributed by atoms with Gasteiger partial charge in [-0.25, -0.2) is 4.79 Å². The van der Waals surface area contributed by atoms with Gasteiger partial charge in [0.05, 0.1) is 6.04 Å². The van der Waals surface area contributed by atoms with E-state index in [2.05, 4.69) is 10.6 Å². The number of carbonyl (C=O) groups is 4. The summed E-state index contributed by atoms with van der Waals surface area (Å²) in [7, 11) is 0. The summed E-state index contributed by atoms with van der Waals surface area (Å²) >= 11 is 0. The first kappa shape index (κ1) is 23.7. The average Bonchev–Trinajstić information content (AvgIpc) is 3.51. The van der Waals surface area contributed by atoms with Gasteiger partial charge in [0.25, 0.3) is 5.91 Å². The number of rotatable bonds is 5. The number of imide groups is 1. The lowest BCUT2D eigenvalue weighted by Crippen LogP contribution is -2.63. The van der Waals surface area contributed by atoms with Crippen LogP contribution in [0.25, 0.3) is 0 Å².